The highest BCUT2D eigenvalue weighted by Crippen LogP contribution is 2.36. The van der Waals surface area contributed by atoms with Gasteiger partial charge in [-0.2, -0.15) is 0 Å². The molecular weight excluding hydrogens is 168 g/mol. The summed E-state index contributed by atoms with van der Waals surface area (Å²) in [4.78, 5) is 0. The van der Waals surface area contributed by atoms with E-state index in [1.54, 1.807) is 12.1 Å². The Hall–Kier alpha value is -1.38. The Labute approximate surface area is 77.9 Å². The molecule has 0 aliphatic heterocycles. The summed E-state index contributed by atoms with van der Waals surface area (Å²) in [6, 6.07) is 3.54. The van der Waals surface area contributed by atoms with Gasteiger partial charge in [0.25, 0.3) is 0 Å². The molecule has 0 radical (unpaired) electrons. The molecule has 0 aromatic heterocycles. The number of phenolic OH excluding ortho intramolecular Hbond substituents is 1. The topological polar surface area (TPSA) is 38.7 Å². The Balaban J connectivity index is 3.11. The minimum atomic E-state index is 0.0648. The molecule has 3 heteroatoms. The third-order valence-corrected chi connectivity index (χ3v) is 1.70. The van der Waals surface area contributed by atoms with Crippen LogP contribution in [0, 0.1) is 6.92 Å². The fourth-order valence-corrected chi connectivity index (χ4v) is 1.13. The minimum absolute atomic E-state index is 0.0648. The van der Waals surface area contributed by atoms with Crippen LogP contribution in [0.5, 0.6) is 17.2 Å². The molecule has 72 valence electrons. The first-order chi connectivity index (χ1) is 6.19. The van der Waals surface area contributed by atoms with E-state index in [4.69, 9.17) is 9.47 Å². The first-order valence-electron chi connectivity index (χ1n) is 4.19. The van der Waals surface area contributed by atoms with Crippen LogP contribution < -0.4 is 9.47 Å². The molecule has 0 spiro atoms. The van der Waals surface area contributed by atoms with Crippen LogP contribution in [-0.4, -0.2) is 18.8 Å². The first-order valence-corrected chi connectivity index (χ1v) is 4.19. The van der Waals surface area contributed by atoms with E-state index in [1.807, 2.05) is 13.8 Å². The number of aryl methyl sites for hydroxylation is 1. The molecule has 0 atom stereocenters. The Morgan fingerprint density at radius 1 is 1.31 bits per heavy atom. The summed E-state index contributed by atoms with van der Waals surface area (Å²) in [5, 5.41) is 9.59. The largest absolute Gasteiger partial charge is 0.502 e. The normalized spacial score (nSPS) is 9.77. The fraction of sp³-hybridized carbons (Fsp3) is 0.400. The van der Waals surface area contributed by atoms with Crippen molar-refractivity contribution in [3.63, 3.8) is 0 Å². The van der Waals surface area contributed by atoms with Crippen molar-refractivity contribution in [3.8, 4) is 17.2 Å². The summed E-state index contributed by atoms with van der Waals surface area (Å²) in [5.41, 5.74) is 0.998. The van der Waals surface area contributed by atoms with Crippen molar-refractivity contribution in [2.45, 2.75) is 13.8 Å². The Kier molecular flexibility index (Phi) is 3.01. The van der Waals surface area contributed by atoms with Crippen molar-refractivity contribution in [2.24, 2.45) is 0 Å². The quantitative estimate of drug-likeness (QED) is 0.778. The number of rotatable bonds is 3. The van der Waals surface area contributed by atoms with E-state index in [9.17, 15) is 5.11 Å². The lowest BCUT2D eigenvalue weighted by Crippen LogP contribution is -1.94. The van der Waals surface area contributed by atoms with E-state index < -0.39 is 0 Å². The molecular formula is C10H14O3. The molecule has 0 saturated heterocycles. The Bertz CT molecular complexity index is 294. The SMILES string of the molecule is CCOc1cc(C)cc(OC)c1O. The fourth-order valence-electron chi connectivity index (χ4n) is 1.13. The van der Waals surface area contributed by atoms with Gasteiger partial charge >= 0.3 is 0 Å². The van der Waals surface area contributed by atoms with Gasteiger partial charge in [-0.25, -0.2) is 0 Å². The summed E-state index contributed by atoms with van der Waals surface area (Å²) in [7, 11) is 1.52. The van der Waals surface area contributed by atoms with E-state index in [0.717, 1.165) is 5.56 Å². The molecule has 0 aliphatic carbocycles. The zero-order chi connectivity index (χ0) is 9.84. The predicted molar refractivity (Wildman–Crippen MR) is 50.6 cm³/mol. The maximum Gasteiger partial charge on any atom is 0.200 e. The van der Waals surface area contributed by atoms with E-state index >= 15 is 0 Å². The molecule has 0 saturated carbocycles. The lowest BCUT2D eigenvalue weighted by molar-refractivity contribution is 0.305. The van der Waals surface area contributed by atoms with Crippen LogP contribution in [0.2, 0.25) is 0 Å². The highest BCUT2D eigenvalue weighted by molar-refractivity contribution is 5.52. The lowest BCUT2D eigenvalue weighted by Gasteiger charge is -2.10. The number of hydrogen-bond acceptors (Lipinski definition) is 3. The van der Waals surface area contributed by atoms with Crippen LogP contribution in [0.1, 0.15) is 12.5 Å². The molecule has 0 amide bonds. The summed E-state index contributed by atoms with van der Waals surface area (Å²) < 4.78 is 10.2. The smallest absolute Gasteiger partial charge is 0.200 e. The van der Waals surface area contributed by atoms with Crippen molar-refractivity contribution in [2.75, 3.05) is 13.7 Å². The van der Waals surface area contributed by atoms with Crippen LogP contribution >= 0.6 is 0 Å². The molecule has 3 nitrogen and oxygen atoms in total. The van der Waals surface area contributed by atoms with Gasteiger partial charge in [-0.15, -0.1) is 0 Å². The minimum Gasteiger partial charge on any atom is -0.502 e. The summed E-state index contributed by atoms with van der Waals surface area (Å²) >= 11 is 0. The number of aromatic hydroxyl groups is 1. The van der Waals surface area contributed by atoms with Crippen LogP contribution in [0.3, 0.4) is 0 Å². The van der Waals surface area contributed by atoms with Gasteiger partial charge in [0.15, 0.2) is 11.5 Å². The average molecular weight is 182 g/mol. The van der Waals surface area contributed by atoms with Crippen LogP contribution in [0.4, 0.5) is 0 Å². The maximum atomic E-state index is 9.59. The predicted octanol–water partition coefficient (Wildman–Crippen LogP) is 2.11. The van der Waals surface area contributed by atoms with E-state index in [0.29, 0.717) is 18.1 Å². The second-order valence-corrected chi connectivity index (χ2v) is 2.75. The summed E-state index contributed by atoms with van der Waals surface area (Å²) in [6.07, 6.45) is 0. The molecule has 1 aromatic rings. The van der Waals surface area contributed by atoms with Gasteiger partial charge < -0.3 is 14.6 Å². The highest BCUT2D eigenvalue weighted by atomic mass is 16.5. The zero-order valence-corrected chi connectivity index (χ0v) is 8.13. The van der Waals surface area contributed by atoms with Crippen molar-refractivity contribution in [3.05, 3.63) is 17.7 Å². The number of benzene rings is 1. The monoisotopic (exact) mass is 182 g/mol. The van der Waals surface area contributed by atoms with E-state index in [2.05, 4.69) is 0 Å². The van der Waals surface area contributed by atoms with Crippen molar-refractivity contribution < 1.29 is 14.6 Å². The standard InChI is InChI=1S/C10H14O3/c1-4-13-9-6-7(2)5-8(12-3)10(9)11/h5-6,11H,4H2,1-3H3. The van der Waals surface area contributed by atoms with Gasteiger partial charge in [0.2, 0.25) is 5.75 Å². The molecule has 13 heavy (non-hydrogen) atoms. The van der Waals surface area contributed by atoms with Crippen LogP contribution in [0.15, 0.2) is 12.1 Å². The van der Waals surface area contributed by atoms with E-state index in [1.165, 1.54) is 7.11 Å². The van der Waals surface area contributed by atoms with Crippen LogP contribution in [0.25, 0.3) is 0 Å². The Morgan fingerprint density at radius 2 is 1.92 bits per heavy atom. The van der Waals surface area contributed by atoms with Gasteiger partial charge in [-0.1, -0.05) is 0 Å². The lowest BCUT2D eigenvalue weighted by atomic mass is 10.2. The molecule has 1 rings (SSSR count). The first kappa shape index (κ1) is 9.71. The summed E-state index contributed by atoms with van der Waals surface area (Å²) in [6.45, 7) is 4.32. The highest BCUT2D eigenvalue weighted by Gasteiger charge is 2.09. The van der Waals surface area contributed by atoms with Gasteiger partial charge in [0.05, 0.1) is 13.7 Å². The molecule has 1 aromatic carbocycles. The Morgan fingerprint density at radius 3 is 2.46 bits per heavy atom. The summed E-state index contributed by atoms with van der Waals surface area (Å²) in [5.74, 6) is 0.984. The molecule has 0 unspecified atom stereocenters. The van der Waals surface area contributed by atoms with Gasteiger partial charge in [-0.3, -0.25) is 0 Å². The van der Waals surface area contributed by atoms with Gasteiger partial charge in [-0.05, 0) is 31.5 Å². The molecule has 0 heterocycles. The molecule has 0 aliphatic rings. The van der Waals surface area contributed by atoms with Crippen LogP contribution in [-0.2, 0) is 0 Å². The van der Waals surface area contributed by atoms with Crippen molar-refractivity contribution >= 4 is 0 Å². The van der Waals surface area contributed by atoms with E-state index in [-0.39, 0.29) is 5.75 Å². The van der Waals surface area contributed by atoms with Crippen molar-refractivity contribution in [1.29, 1.82) is 0 Å². The molecule has 0 bridgehead atoms. The van der Waals surface area contributed by atoms with Gasteiger partial charge in [0, 0.05) is 0 Å². The zero-order valence-electron chi connectivity index (χ0n) is 8.13. The third-order valence-electron chi connectivity index (χ3n) is 1.70. The number of hydrogen-bond donors (Lipinski definition) is 1. The van der Waals surface area contributed by atoms with Gasteiger partial charge in [0.1, 0.15) is 0 Å². The third kappa shape index (κ3) is 2.05. The number of methoxy groups -OCH3 is 1. The molecule has 1 N–H and O–H groups in total. The second kappa shape index (κ2) is 4.03. The molecule has 0 fully saturated rings. The average Bonchev–Trinajstić information content (AvgIpc) is 2.11. The number of ether oxygens (including phenoxy) is 2. The van der Waals surface area contributed by atoms with Crippen molar-refractivity contribution in [1.82, 2.24) is 0 Å². The maximum absolute atomic E-state index is 9.59. The second-order valence-electron chi connectivity index (χ2n) is 2.75. The number of phenols is 1.